The van der Waals surface area contributed by atoms with Gasteiger partial charge in [-0.05, 0) is 31.0 Å². The summed E-state index contributed by atoms with van der Waals surface area (Å²) in [5, 5.41) is 21.7. The molecule has 1 fully saturated rings. The van der Waals surface area contributed by atoms with Gasteiger partial charge in [-0.3, -0.25) is 9.99 Å². The van der Waals surface area contributed by atoms with E-state index in [1.807, 2.05) is 12.0 Å². The summed E-state index contributed by atoms with van der Waals surface area (Å²) >= 11 is 6.13. The van der Waals surface area contributed by atoms with Crippen LogP contribution in [0.3, 0.4) is 0 Å². The number of nitrogens with one attached hydrogen (secondary N) is 1. The molecule has 0 atom stereocenters. The normalized spacial score (nSPS) is 14.6. The molecule has 2 aromatic carbocycles. The molecule has 0 radical (unpaired) electrons. The maximum Gasteiger partial charge on any atom is 0.172 e. The number of rotatable bonds is 5. The molecule has 0 bridgehead atoms. The van der Waals surface area contributed by atoms with Crippen molar-refractivity contribution >= 4 is 29.0 Å². The fourth-order valence-electron chi connectivity index (χ4n) is 3.59. The zero-order valence-corrected chi connectivity index (χ0v) is 17.7. The molecule has 3 aromatic rings. The van der Waals surface area contributed by atoms with E-state index in [2.05, 4.69) is 20.7 Å². The maximum atomic E-state index is 15.2. The lowest BCUT2D eigenvalue weighted by Gasteiger charge is -2.19. The van der Waals surface area contributed by atoms with Gasteiger partial charge in [0.05, 0.1) is 22.4 Å². The number of nitriles is 1. The Balaban J connectivity index is 1.68. The molecule has 0 saturated heterocycles. The molecule has 0 unspecified atom stereocenters. The van der Waals surface area contributed by atoms with Crippen LogP contribution in [-0.4, -0.2) is 39.1 Å². The largest absolute Gasteiger partial charge is 0.489 e. The highest BCUT2D eigenvalue weighted by atomic mass is 35.5. The van der Waals surface area contributed by atoms with Crippen molar-refractivity contribution in [3.8, 4) is 28.9 Å². The number of halogens is 2. The Morgan fingerprint density at radius 1 is 1.33 bits per heavy atom. The molecule has 9 nitrogen and oxygen atoms in total. The highest BCUT2D eigenvalue weighted by Crippen LogP contribution is 2.39. The van der Waals surface area contributed by atoms with Crippen LogP contribution < -0.4 is 15.9 Å². The van der Waals surface area contributed by atoms with Gasteiger partial charge in [0.2, 0.25) is 0 Å². The Morgan fingerprint density at radius 3 is 2.85 bits per heavy atom. The summed E-state index contributed by atoms with van der Waals surface area (Å²) < 4.78 is 22.5. The summed E-state index contributed by atoms with van der Waals surface area (Å²) in [6.45, 7) is 0.119. The highest BCUT2D eigenvalue weighted by molar-refractivity contribution is 6.31. The van der Waals surface area contributed by atoms with Crippen molar-refractivity contribution < 1.29 is 13.9 Å². The van der Waals surface area contributed by atoms with Gasteiger partial charge in [0.25, 0.3) is 0 Å². The van der Waals surface area contributed by atoms with Crippen LogP contribution in [-0.2, 0) is 4.79 Å². The smallest absolute Gasteiger partial charge is 0.172 e. The fraction of sp³-hybridized carbons (Fsp3) is 0.182. The molecule has 1 aromatic heterocycles. The van der Waals surface area contributed by atoms with Crippen LogP contribution in [0.4, 0.5) is 4.39 Å². The Hall–Kier alpha value is -4.03. The summed E-state index contributed by atoms with van der Waals surface area (Å²) in [4.78, 5) is 11.3. The van der Waals surface area contributed by atoms with Crippen molar-refractivity contribution in [2.75, 3.05) is 6.54 Å². The minimum atomic E-state index is -0.803. The van der Waals surface area contributed by atoms with Gasteiger partial charge in [-0.15, -0.1) is 10.2 Å². The number of fused-ring (bicyclic) bond motifs is 1. The minimum absolute atomic E-state index is 0.0180. The second-order valence-corrected chi connectivity index (χ2v) is 7.86. The van der Waals surface area contributed by atoms with Crippen LogP contribution in [0.25, 0.3) is 22.8 Å². The molecule has 2 heterocycles. The number of hydrazone groups is 1. The Morgan fingerprint density at radius 2 is 2.15 bits per heavy atom. The van der Waals surface area contributed by atoms with E-state index in [4.69, 9.17) is 22.1 Å². The van der Waals surface area contributed by atoms with Crippen LogP contribution in [0.1, 0.15) is 29.5 Å². The SMILES string of the molecule is N#Cc1c(OC2CC2)cc(Cl)c(F)c1-c1nncn1-c1ccc2c(c1)C(CN)=NNC2=C=O. The Bertz CT molecular complexity index is 1410. The van der Waals surface area contributed by atoms with Crippen molar-refractivity contribution in [1.29, 1.82) is 5.26 Å². The molecule has 3 N–H and O–H groups in total. The number of ether oxygens (including phenoxy) is 1. The predicted octanol–water partition coefficient (Wildman–Crippen LogP) is 2.58. The van der Waals surface area contributed by atoms with Crippen LogP contribution in [0, 0.1) is 17.1 Å². The average Bonchev–Trinajstić information content (AvgIpc) is 3.52. The maximum absolute atomic E-state index is 15.2. The van der Waals surface area contributed by atoms with Crippen LogP contribution >= 0.6 is 11.6 Å². The van der Waals surface area contributed by atoms with E-state index in [0.29, 0.717) is 22.5 Å². The molecule has 1 aliphatic heterocycles. The molecule has 0 amide bonds. The molecule has 11 heteroatoms. The average molecular weight is 464 g/mol. The second-order valence-electron chi connectivity index (χ2n) is 7.46. The van der Waals surface area contributed by atoms with Gasteiger partial charge in [0.1, 0.15) is 29.4 Å². The van der Waals surface area contributed by atoms with E-state index in [9.17, 15) is 10.1 Å². The van der Waals surface area contributed by atoms with Gasteiger partial charge in [-0.25, -0.2) is 9.18 Å². The lowest BCUT2D eigenvalue weighted by Crippen LogP contribution is -2.26. The summed E-state index contributed by atoms with van der Waals surface area (Å²) in [6.07, 6.45) is 3.08. The first-order valence-electron chi connectivity index (χ1n) is 9.97. The molecule has 2 aliphatic rings. The first kappa shape index (κ1) is 20.8. The van der Waals surface area contributed by atoms with Gasteiger partial charge in [-0.2, -0.15) is 10.4 Å². The number of hydrogen-bond acceptors (Lipinski definition) is 8. The molecule has 164 valence electrons. The zero-order chi connectivity index (χ0) is 23.1. The van der Waals surface area contributed by atoms with E-state index in [0.717, 1.165) is 12.8 Å². The molecule has 5 rings (SSSR count). The standard InChI is InChI=1S/C22H15ClFN7O2/c23-16-6-19(33-12-2-3-12)15(7-25)20(21(16)24)22-30-27-10-31(22)11-1-4-13-14(5-11)17(8-26)28-29-18(13)9-32/h1,4-6,10,12,29H,2-3,8,26H2. The highest BCUT2D eigenvalue weighted by Gasteiger charge is 2.29. The van der Waals surface area contributed by atoms with E-state index in [1.54, 1.807) is 18.2 Å². The summed E-state index contributed by atoms with van der Waals surface area (Å²) in [6, 6.07) is 8.43. The number of aromatic nitrogens is 3. The van der Waals surface area contributed by atoms with Crippen molar-refractivity contribution in [2.45, 2.75) is 18.9 Å². The Labute approximate surface area is 191 Å². The fourth-order valence-corrected chi connectivity index (χ4v) is 3.79. The molecular weight excluding hydrogens is 449 g/mol. The number of nitrogens with two attached hydrogens (primary N) is 1. The van der Waals surface area contributed by atoms with E-state index >= 15 is 4.39 Å². The monoisotopic (exact) mass is 463 g/mol. The van der Waals surface area contributed by atoms with Gasteiger partial charge in [0.15, 0.2) is 17.6 Å². The van der Waals surface area contributed by atoms with Crippen LogP contribution in [0.15, 0.2) is 35.7 Å². The van der Waals surface area contributed by atoms with Gasteiger partial charge in [0, 0.05) is 29.4 Å². The van der Waals surface area contributed by atoms with Crippen molar-refractivity contribution in [1.82, 2.24) is 20.2 Å². The molecule has 1 saturated carbocycles. The van der Waals surface area contributed by atoms with Gasteiger partial charge >= 0.3 is 0 Å². The Kier molecular flexibility index (Phi) is 5.15. The lowest BCUT2D eigenvalue weighted by atomic mass is 9.98. The first-order valence-corrected chi connectivity index (χ1v) is 10.4. The zero-order valence-electron chi connectivity index (χ0n) is 17.0. The van der Waals surface area contributed by atoms with Crippen LogP contribution in [0.2, 0.25) is 5.02 Å². The number of nitrogens with zero attached hydrogens (tertiary/aromatic N) is 5. The van der Waals surface area contributed by atoms with Crippen LogP contribution in [0.5, 0.6) is 5.75 Å². The molecular formula is C22H15ClFN7O2. The molecule has 1 aliphatic carbocycles. The summed E-state index contributed by atoms with van der Waals surface area (Å²) in [7, 11) is 0. The van der Waals surface area contributed by atoms with Gasteiger partial charge in [-0.1, -0.05) is 11.6 Å². The first-order chi connectivity index (χ1) is 16.0. The third kappa shape index (κ3) is 3.54. The summed E-state index contributed by atoms with van der Waals surface area (Å²) in [5.74, 6) is 1.28. The molecule has 0 spiro atoms. The third-order valence-electron chi connectivity index (χ3n) is 5.34. The van der Waals surface area contributed by atoms with E-state index in [1.165, 1.54) is 17.0 Å². The quantitative estimate of drug-likeness (QED) is 0.556. The van der Waals surface area contributed by atoms with Crippen molar-refractivity contribution in [2.24, 2.45) is 10.8 Å². The van der Waals surface area contributed by atoms with E-state index < -0.39 is 5.82 Å². The third-order valence-corrected chi connectivity index (χ3v) is 5.62. The van der Waals surface area contributed by atoms with Crippen molar-refractivity contribution in [3.63, 3.8) is 0 Å². The van der Waals surface area contributed by atoms with E-state index in [-0.39, 0.29) is 46.1 Å². The summed E-state index contributed by atoms with van der Waals surface area (Å²) in [5.41, 5.74) is 10.7. The number of benzene rings is 2. The minimum Gasteiger partial charge on any atom is -0.489 e. The topological polar surface area (TPSA) is 131 Å². The van der Waals surface area contributed by atoms with Crippen molar-refractivity contribution in [3.05, 3.63) is 58.1 Å². The number of carbonyl (C=O) groups excluding carboxylic acids is 1. The number of hydrogen-bond donors (Lipinski definition) is 2. The molecule has 33 heavy (non-hydrogen) atoms. The predicted molar refractivity (Wildman–Crippen MR) is 118 cm³/mol. The second kappa shape index (κ2) is 8.15. The lowest BCUT2D eigenvalue weighted by molar-refractivity contribution is 0.302. The van der Waals surface area contributed by atoms with Gasteiger partial charge < -0.3 is 10.5 Å².